The molecule has 0 saturated heterocycles. The number of halogens is 1. The van der Waals surface area contributed by atoms with Crippen LogP contribution in [0.2, 0.25) is 5.02 Å². The Labute approximate surface area is 167 Å². The van der Waals surface area contributed by atoms with Crippen molar-refractivity contribution in [2.75, 3.05) is 24.9 Å². The van der Waals surface area contributed by atoms with Gasteiger partial charge < -0.3 is 20.1 Å². The average Bonchev–Trinajstić information content (AvgIpc) is 2.74. The monoisotopic (exact) mass is 398 g/mol. The van der Waals surface area contributed by atoms with Crippen molar-refractivity contribution >= 4 is 28.9 Å². The van der Waals surface area contributed by atoms with Gasteiger partial charge in [-0.2, -0.15) is 0 Å². The molecule has 0 bridgehead atoms. The quantitative estimate of drug-likeness (QED) is 0.625. The fourth-order valence-corrected chi connectivity index (χ4v) is 2.74. The van der Waals surface area contributed by atoms with Crippen molar-refractivity contribution in [2.24, 2.45) is 0 Å². The number of benzene rings is 1. The second-order valence-corrected chi connectivity index (χ2v) is 6.19. The summed E-state index contributed by atoms with van der Waals surface area (Å²) in [6.45, 7) is 0.607. The highest BCUT2D eigenvalue weighted by Crippen LogP contribution is 2.36. The zero-order chi connectivity index (χ0) is 19.9. The van der Waals surface area contributed by atoms with Gasteiger partial charge in [0.05, 0.1) is 24.9 Å². The zero-order valence-electron chi connectivity index (χ0n) is 15.4. The van der Waals surface area contributed by atoms with Crippen LogP contribution in [0.4, 0.5) is 11.4 Å². The summed E-state index contributed by atoms with van der Waals surface area (Å²) in [6, 6.07) is 10.5. The Hall–Kier alpha value is -3.32. The maximum Gasteiger partial charge on any atom is 0.274 e. The fraction of sp³-hybridized carbons (Fsp3) is 0.150. The highest BCUT2D eigenvalue weighted by Gasteiger charge is 2.15. The number of aromatic nitrogens is 2. The second kappa shape index (κ2) is 9.05. The lowest BCUT2D eigenvalue weighted by Crippen LogP contribution is -2.15. The lowest BCUT2D eigenvalue weighted by atomic mass is 10.2. The van der Waals surface area contributed by atoms with Gasteiger partial charge in [-0.3, -0.25) is 14.8 Å². The Morgan fingerprint density at radius 1 is 1.04 bits per heavy atom. The van der Waals surface area contributed by atoms with E-state index in [0.29, 0.717) is 28.8 Å². The molecule has 0 aliphatic carbocycles. The van der Waals surface area contributed by atoms with E-state index in [-0.39, 0.29) is 11.6 Å². The molecule has 3 aromatic rings. The molecule has 0 spiro atoms. The van der Waals surface area contributed by atoms with Gasteiger partial charge in [0.25, 0.3) is 5.91 Å². The highest BCUT2D eigenvalue weighted by atomic mass is 35.5. The van der Waals surface area contributed by atoms with Crippen molar-refractivity contribution in [1.82, 2.24) is 9.97 Å². The third-order valence-corrected chi connectivity index (χ3v) is 4.26. The standard InChI is InChI=1S/C20H19ClN4O3/c1-27-18-11-16(19(28-2)10-15(18)21)25-20(26)17-9-14(5-8-23-17)24-12-13-3-6-22-7-4-13/h3-11H,12H2,1-2H3,(H,23,24)(H,25,26). The van der Waals surface area contributed by atoms with E-state index < -0.39 is 0 Å². The van der Waals surface area contributed by atoms with E-state index in [1.807, 2.05) is 12.1 Å². The number of carbonyl (C=O) groups excluding carboxylic acids is 1. The molecule has 0 radical (unpaired) electrons. The smallest absolute Gasteiger partial charge is 0.274 e. The van der Waals surface area contributed by atoms with E-state index in [2.05, 4.69) is 20.6 Å². The van der Waals surface area contributed by atoms with E-state index in [9.17, 15) is 4.79 Å². The molecule has 28 heavy (non-hydrogen) atoms. The first-order valence-electron chi connectivity index (χ1n) is 8.42. The minimum atomic E-state index is -0.379. The van der Waals surface area contributed by atoms with E-state index in [0.717, 1.165) is 11.3 Å². The summed E-state index contributed by atoms with van der Waals surface area (Å²) >= 11 is 6.10. The van der Waals surface area contributed by atoms with Gasteiger partial charge in [-0.1, -0.05) is 11.6 Å². The number of hydrogen-bond donors (Lipinski definition) is 2. The lowest BCUT2D eigenvalue weighted by molar-refractivity contribution is 0.102. The van der Waals surface area contributed by atoms with Crippen LogP contribution in [0.5, 0.6) is 11.5 Å². The van der Waals surface area contributed by atoms with Crippen LogP contribution in [0.25, 0.3) is 0 Å². The van der Waals surface area contributed by atoms with Crippen LogP contribution in [0.3, 0.4) is 0 Å². The molecular weight excluding hydrogens is 380 g/mol. The van der Waals surface area contributed by atoms with Crippen LogP contribution in [0, 0.1) is 0 Å². The molecule has 3 rings (SSSR count). The Morgan fingerprint density at radius 3 is 2.50 bits per heavy atom. The summed E-state index contributed by atoms with van der Waals surface area (Å²) in [5.41, 5.74) is 2.55. The predicted molar refractivity (Wildman–Crippen MR) is 108 cm³/mol. The van der Waals surface area contributed by atoms with Crippen molar-refractivity contribution in [1.29, 1.82) is 0 Å². The Bertz CT molecular complexity index is 967. The minimum absolute atomic E-state index is 0.260. The molecule has 144 valence electrons. The number of ether oxygens (including phenoxy) is 2. The van der Waals surface area contributed by atoms with Gasteiger partial charge in [-0.25, -0.2) is 0 Å². The first-order chi connectivity index (χ1) is 13.6. The maximum atomic E-state index is 12.7. The number of hydrogen-bond acceptors (Lipinski definition) is 6. The molecule has 2 aromatic heterocycles. The number of pyridine rings is 2. The molecule has 0 aliphatic heterocycles. The summed E-state index contributed by atoms with van der Waals surface area (Å²) in [5.74, 6) is 0.472. The van der Waals surface area contributed by atoms with Crippen LogP contribution >= 0.6 is 11.6 Å². The number of rotatable bonds is 7. The Kier molecular flexibility index (Phi) is 6.29. The van der Waals surface area contributed by atoms with Crippen molar-refractivity contribution in [3.05, 3.63) is 71.3 Å². The minimum Gasteiger partial charge on any atom is -0.495 e. The molecular formula is C20H19ClN4O3. The summed E-state index contributed by atoms with van der Waals surface area (Å²) in [6.07, 6.45) is 5.04. The van der Waals surface area contributed by atoms with E-state index in [1.54, 1.807) is 42.9 Å². The summed E-state index contributed by atoms with van der Waals surface area (Å²) in [5, 5.41) is 6.42. The molecule has 7 nitrogen and oxygen atoms in total. The molecule has 0 fully saturated rings. The van der Waals surface area contributed by atoms with Gasteiger partial charge in [-0.15, -0.1) is 0 Å². The van der Waals surface area contributed by atoms with Crippen LogP contribution in [-0.4, -0.2) is 30.1 Å². The highest BCUT2D eigenvalue weighted by molar-refractivity contribution is 6.32. The van der Waals surface area contributed by atoms with Crippen LogP contribution < -0.4 is 20.1 Å². The third-order valence-electron chi connectivity index (χ3n) is 3.96. The average molecular weight is 399 g/mol. The molecule has 0 saturated carbocycles. The molecule has 0 aliphatic rings. The predicted octanol–water partition coefficient (Wildman–Crippen LogP) is 4.01. The van der Waals surface area contributed by atoms with Gasteiger partial charge in [0.15, 0.2) is 0 Å². The van der Waals surface area contributed by atoms with Crippen molar-refractivity contribution in [3.8, 4) is 11.5 Å². The molecule has 2 heterocycles. The van der Waals surface area contributed by atoms with Crippen LogP contribution in [0.15, 0.2) is 55.0 Å². The molecule has 1 aromatic carbocycles. The maximum absolute atomic E-state index is 12.7. The molecule has 0 atom stereocenters. The largest absolute Gasteiger partial charge is 0.495 e. The van der Waals surface area contributed by atoms with E-state index >= 15 is 0 Å². The number of nitrogens with zero attached hydrogens (tertiary/aromatic N) is 2. The fourth-order valence-electron chi connectivity index (χ4n) is 2.51. The summed E-state index contributed by atoms with van der Waals surface area (Å²) in [7, 11) is 2.99. The van der Waals surface area contributed by atoms with Gasteiger partial charge >= 0.3 is 0 Å². The van der Waals surface area contributed by atoms with Crippen molar-refractivity contribution in [3.63, 3.8) is 0 Å². The van der Waals surface area contributed by atoms with E-state index in [4.69, 9.17) is 21.1 Å². The number of anilines is 2. The summed E-state index contributed by atoms with van der Waals surface area (Å²) in [4.78, 5) is 20.8. The van der Waals surface area contributed by atoms with Gasteiger partial charge in [0.1, 0.15) is 17.2 Å². The second-order valence-electron chi connectivity index (χ2n) is 5.78. The molecule has 1 amide bonds. The number of carbonyl (C=O) groups is 1. The number of amides is 1. The zero-order valence-corrected chi connectivity index (χ0v) is 16.2. The molecule has 8 heteroatoms. The number of methoxy groups -OCH3 is 2. The first kappa shape index (κ1) is 19.4. The molecule has 0 unspecified atom stereocenters. The SMILES string of the molecule is COc1cc(NC(=O)c2cc(NCc3ccncc3)ccn2)c(OC)cc1Cl. The topological polar surface area (TPSA) is 85.4 Å². The Morgan fingerprint density at radius 2 is 1.79 bits per heavy atom. The van der Waals surface area contributed by atoms with Crippen LogP contribution in [-0.2, 0) is 6.54 Å². The van der Waals surface area contributed by atoms with Crippen molar-refractivity contribution in [2.45, 2.75) is 6.54 Å². The Balaban J connectivity index is 1.74. The lowest BCUT2D eigenvalue weighted by Gasteiger charge is -2.13. The summed E-state index contributed by atoms with van der Waals surface area (Å²) < 4.78 is 10.5. The normalized spacial score (nSPS) is 10.2. The van der Waals surface area contributed by atoms with Crippen molar-refractivity contribution < 1.29 is 14.3 Å². The van der Waals surface area contributed by atoms with Gasteiger partial charge in [0, 0.05) is 43.0 Å². The molecule has 2 N–H and O–H groups in total. The first-order valence-corrected chi connectivity index (χ1v) is 8.80. The number of nitrogens with one attached hydrogen (secondary N) is 2. The third kappa shape index (κ3) is 4.69. The van der Waals surface area contributed by atoms with Crippen LogP contribution in [0.1, 0.15) is 16.1 Å². The van der Waals surface area contributed by atoms with Gasteiger partial charge in [-0.05, 0) is 29.8 Å². The van der Waals surface area contributed by atoms with E-state index in [1.165, 1.54) is 14.2 Å². The van der Waals surface area contributed by atoms with Gasteiger partial charge in [0.2, 0.25) is 0 Å².